The summed E-state index contributed by atoms with van der Waals surface area (Å²) in [6.45, 7) is 0.961. The lowest BCUT2D eigenvalue weighted by Crippen LogP contribution is -1.99. The molecule has 14 heavy (non-hydrogen) atoms. The van der Waals surface area contributed by atoms with E-state index in [2.05, 4.69) is 5.92 Å². The highest BCUT2D eigenvalue weighted by molar-refractivity contribution is 6.32. The molecule has 0 spiro atoms. The first kappa shape index (κ1) is 10.9. The fourth-order valence-corrected chi connectivity index (χ4v) is 1.27. The minimum Gasteiger partial charge on any atom is -0.491 e. The summed E-state index contributed by atoms with van der Waals surface area (Å²) in [4.78, 5) is 0. The van der Waals surface area contributed by atoms with E-state index in [1.807, 2.05) is 6.07 Å². The molecule has 0 heterocycles. The Bertz CT molecular complexity index is 344. The standard InChI is InChI=1S/C11H12ClNO/c1-2-3-6-14-11-5-4-9(8-13)7-10(11)12/h1,4-5,7H,3,6,8,13H2. The first-order valence-corrected chi connectivity index (χ1v) is 4.70. The first-order valence-electron chi connectivity index (χ1n) is 4.32. The molecular weight excluding hydrogens is 198 g/mol. The molecule has 0 fully saturated rings. The monoisotopic (exact) mass is 209 g/mol. The molecule has 0 radical (unpaired) electrons. The summed E-state index contributed by atoms with van der Waals surface area (Å²) < 4.78 is 5.36. The van der Waals surface area contributed by atoms with E-state index in [0.29, 0.717) is 30.3 Å². The van der Waals surface area contributed by atoms with Gasteiger partial charge in [-0.05, 0) is 17.7 Å². The van der Waals surface area contributed by atoms with Crippen molar-refractivity contribution in [2.24, 2.45) is 5.73 Å². The Labute approximate surface area is 89.0 Å². The third kappa shape index (κ3) is 2.95. The lowest BCUT2D eigenvalue weighted by molar-refractivity contribution is 0.327. The lowest BCUT2D eigenvalue weighted by atomic mass is 10.2. The van der Waals surface area contributed by atoms with Crippen LogP contribution < -0.4 is 10.5 Å². The second-order valence-electron chi connectivity index (χ2n) is 2.77. The molecule has 2 N–H and O–H groups in total. The molecule has 1 rings (SSSR count). The second-order valence-corrected chi connectivity index (χ2v) is 3.18. The number of halogens is 1. The van der Waals surface area contributed by atoms with Crippen LogP contribution in [0.5, 0.6) is 5.75 Å². The third-order valence-electron chi connectivity index (χ3n) is 1.74. The van der Waals surface area contributed by atoms with Crippen LogP contribution in [-0.4, -0.2) is 6.61 Å². The molecule has 0 saturated carbocycles. The van der Waals surface area contributed by atoms with Gasteiger partial charge in [0.05, 0.1) is 11.6 Å². The highest BCUT2D eigenvalue weighted by Gasteiger charge is 2.01. The molecule has 0 amide bonds. The fourth-order valence-electron chi connectivity index (χ4n) is 1.01. The summed E-state index contributed by atoms with van der Waals surface area (Å²) >= 11 is 5.95. The van der Waals surface area contributed by atoms with Gasteiger partial charge in [0.25, 0.3) is 0 Å². The van der Waals surface area contributed by atoms with E-state index < -0.39 is 0 Å². The quantitative estimate of drug-likeness (QED) is 0.610. The Morgan fingerprint density at radius 2 is 2.29 bits per heavy atom. The van der Waals surface area contributed by atoms with Crippen LogP contribution in [0, 0.1) is 12.3 Å². The van der Waals surface area contributed by atoms with E-state index in [9.17, 15) is 0 Å². The van der Waals surface area contributed by atoms with Gasteiger partial charge in [0, 0.05) is 13.0 Å². The summed E-state index contributed by atoms with van der Waals surface area (Å²) in [5, 5.41) is 0.574. The molecule has 3 heteroatoms. The van der Waals surface area contributed by atoms with Crippen LogP contribution in [0.1, 0.15) is 12.0 Å². The summed E-state index contributed by atoms with van der Waals surface area (Å²) in [6, 6.07) is 5.49. The molecule has 1 aromatic rings. The SMILES string of the molecule is C#CCCOc1ccc(CN)cc1Cl. The molecule has 0 aliphatic heterocycles. The Hall–Kier alpha value is -1.17. The molecule has 0 bridgehead atoms. The van der Waals surface area contributed by atoms with Gasteiger partial charge in [0.2, 0.25) is 0 Å². The molecule has 0 unspecified atom stereocenters. The number of nitrogens with two attached hydrogens (primary N) is 1. The van der Waals surface area contributed by atoms with Crippen molar-refractivity contribution in [3.63, 3.8) is 0 Å². The van der Waals surface area contributed by atoms with Crippen LogP contribution in [0.2, 0.25) is 5.02 Å². The largest absolute Gasteiger partial charge is 0.491 e. The Balaban J connectivity index is 2.65. The van der Waals surface area contributed by atoms with Crippen LogP contribution in [-0.2, 0) is 6.54 Å². The Kier molecular flexibility index (Phi) is 4.31. The van der Waals surface area contributed by atoms with Crippen molar-refractivity contribution in [2.75, 3.05) is 6.61 Å². The van der Waals surface area contributed by atoms with Crippen LogP contribution >= 0.6 is 11.6 Å². The van der Waals surface area contributed by atoms with E-state index in [-0.39, 0.29) is 0 Å². The number of hydrogen-bond acceptors (Lipinski definition) is 2. The summed E-state index contributed by atoms with van der Waals surface area (Å²) in [5.41, 5.74) is 6.45. The molecule has 2 nitrogen and oxygen atoms in total. The van der Waals surface area contributed by atoms with Crippen LogP contribution in [0.15, 0.2) is 18.2 Å². The van der Waals surface area contributed by atoms with E-state index in [1.54, 1.807) is 12.1 Å². The molecular formula is C11H12ClNO. The van der Waals surface area contributed by atoms with Crippen molar-refractivity contribution in [3.8, 4) is 18.1 Å². The minimum absolute atomic E-state index is 0.477. The van der Waals surface area contributed by atoms with Gasteiger partial charge in [-0.15, -0.1) is 12.3 Å². The zero-order valence-corrected chi connectivity index (χ0v) is 8.55. The maximum atomic E-state index is 5.95. The van der Waals surface area contributed by atoms with Crippen LogP contribution in [0.3, 0.4) is 0 Å². The summed E-state index contributed by atoms with van der Waals surface area (Å²) in [7, 11) is 0. The highest BCUT2D eigenvalue weighted by atomic mass is 35.5. The van der Waals surface area contributed by atoms with E-state index in [4.69, 9.17) is 28.5 Å². The van der Waals surface area contributed by atoms with Gasteiger partial charge in [-0.3, -0.25) is 0 Å². The van der Waals surface area contributed by atoms with Gasteiger partial charge in [0.1, 0.15) is 5.75 Å². The van der Waals surface area contributed by atoms with Gasteiger partial charge in [-0.2, -0.15) is 0 Å². The normalized spacial score (nSPS) is 9.50. The van der Waals surface area contributed by atoms with Gasteiger partial charge >= 0.3 is 0 Å². The topological polar surface area (TPSA) is 35.2 Å². The second kappa shape index (κ2) is 5.54. The van der Waals surface area contributed by atoms with Crippen molar-refractivity contribution >= 4 is 11.6 Å². The maximum absolute atomic E-state index is 5.95. The first-order chi connectivity index (χ1) is 6.77. The molecule has 0 aliphatic carbocycles. The zero-order valence-electron chi connectivity index (χ0n) is 7.79. The van der Waals surface area contributed by atoms with Gasteiger partial charge in [0.15, 0.2) is 0 Å². The zero-order chi connectivity index (χ0) is 10.4. The fraction of sp³-hybridized carbons (Fsp3) is 0.273. The van der Waals surface area contributed by atoms with E-state index >= 15 is 0 Å². The number of ether oxygens (including phenoxy) is 1. The number of terminal acetylenes is 1. The average molecular weight is 210 g/mol. The minimum atomic E-state index is 0.477. The van der Waals surface area contributed by atoms with Crippen molar-refractivity contribution < 1.29 is 4.74 Å². The predicted octanol–water partition coefficient (Wildman–Crippen LogP) is 2.20. The van der Waals surface area contributed by atoms with Gasteiger partial charge in [-0.25, -0.2) is 0 Å². The smallest absolute Gasteiger partial charge is 0.137 e. The van der Waals surface area contributed by atoms with Crippen molar-refractivity contribution in [1.29, 1.82) is 0 Å². The molecule has 0 aliphatic rings. The van der Waals surface area contributed by atoms with E-state index in [0.717, 1.165) is 5.56 Å². The van der Waals surface area contributed by atoms with Crippen LogP contribution in [0.4, 0.5) is 0 Å². The lowest BCUT2D eigenvalue weighted by Gasteiger charge is -2.07. The van der Waals surface area contributed by atoms with Crippen LogP contribution in [0.25, 0.3) is 0 Å². The summed E-state index contributed by atoms with van der Waals surface area (Å²) in [6.07, 6.45) is 5.68. The maximum Gasteiger partial charge on any atom is 0.137 e. The summed E-state index contributed by atoms with van der Waals surface area (Å²) in [5.74, 6) is 3.14. The Morgan fingerprint density at radius 1 is 1.50 bits per heavy atom. The van der Waals surface area contributed by atoms with Crippen molar-refractivity contribution in [3.05, 3.63) is 28.8 Å². The Morgan fingerprint density at radius 3 is 2.86 bits per heavy atom. The van der Waals surface area contributed by atoms with Crippen molar-refractivity contribution in [1.82, 2.24) is 0 Å². The molecule has 1 aromatic carbocycles. The number of hydrogen-bond donors (Lipinski definition) is 1. The van der Waals surface area contributed by atoms with Gasteiger partial charge in [-0.1, -0.05) is 17.7 Å². The third-order valence-corrected chi connectivity index (χ3v) is 2.03. The highest BCUT2D eigenvalue weighted by Crippen LogP contribution is 2.25. The predicted molar refractivity (Wildman–Crippen MR) is 58.3 cm³/mol. The molecule has 0 atom stereocenters. The molecule has 0 aromatic heterocycles. The molecule has 74 valence electrons. The van der Waals surface area contributed by atoms with Gasteiger partial charge < -0.3 is 10.5 Å². The number of rotatable bonds is 4. The average Bonchev–Trinajstić information content (AvgIpc) is 2.20. The number of benzene rings is 1. The van der Waals surface area contributed by atoms with E-state index in [1.165, 1.54) is 0 Å². The molecule has 0 saturated heterocycles. The van der Waals surface area contributed by atoms with Crippen molar-refractivity contribution in [2.45, 2.75) is 13.0 Å².